The first-order valence-electron chi connectivity index (χ1n) is 10.5. The summed E-state index contributed by atoms with van der Waals surface area (Å²) in [5.41, 5.74) is 0.900. The van der Waals surface area contributed by atoms with E-state index in [2.05, 4.69) is 22.0 Å². The summed E-state index contributed by atoms with van der Waals surface area (Å²) in [4.78, 5) is 14.6. The van der Waals surface area contributed by atoms with Crippen molar-refractivity contribution in [2.24, 2.45) is 0 Å². The second-order valence-corrected chi connectivity index (χ2v) is 8.22. The van der Waals surface area contributed by atoms with Crippen LogP contribution in [0, 0.1) is 0 Å². The molecule has 2 aromatic rings. The second kappa shape index (κ2) is 9.35. The number of piperazine rings is 1. The van der Waals surface area contributed by atoms with Crippen LogP contribution < -0.4 is 5.32 Å². The Hall–Kier alpha value is -1.47. The molecule has 0 spiro atoms. The van der Waals surface area contributed by atoms with Gasteiger partial charge in [-0.15, -0.1) is 0 Å². The fraction of sp³-hybridized carbons (Fsp3) is 0.619. The Morgan fingerprint density at radius 3 is 2.75 bits per heavy atom. The van der Waals surface area contributed by atoms with Gasteiger partial charge in [-0.25, -0.2) is 9.97 Å². The van der Waals surface area contributed by atoms with Crippen LogP contribution in [-0.2, 0) is 11.3 Å². The third-order valence-corrected chi connectivity index (χ3v) is 5.83. The number of hydrogen-bond acceptors (Lipinski definition) is 6. The van der Waals surface area contributed by atoms with Crippen LogP contribution >= 0.6 is 11.6 Å². The summed E-state index contributed by atoms with van der Waals surface area (Å²) in [6.45, 7) is 10.2. The van der Waals surface area contributed by atoms with Gasteiger partial charge < -0.3 is 15.0 Å². The number of anilines is 1. The molecule has 6 nitrogen and oxygen atoms in total. The van der Waals surface area contributed by atoms with Crippen molar-refractivity contribution in [3.05, 3.63) is 29.0 Å². The molecule has 2 aliphatic rings. The maximum atomic E-state index is 6.22. The Morgan fingerprint density at radius 2 is 2.00 bits per heavy atom. The number of nitrogens with zero attached hydrogens (tertiary/aromatic N) is 4. The van der Waals surface area contributed by atoms with Crippen molar-refractivity contribution < 1.29 is 4.74 Å². The Labute approximate surface area is 172 Å². The molecule has 4 rings (SSSR count). The molecule has 1 N–H and O–H groups in total. The maximum absolute atomic E-state index is 6.22. The van der Waals surface area contributed by atoms with E-state index >= 15 is 0 Å². The van der Waals surface area contributed by atoms with Crippen LogP contribution in [0.5, 0.6) is 0 Å². The molecule has 0 aliphatic carbocycles. The predicted molar refractivity (Wildman–Crippen MR) is 114 cm³/mol. The summed E-state index contributed by atoms with van der Waals surface area (Å²) in [5, 5.41) is 5.22. The van der Waals surface area contributed by atoms with E-state index < -0.39 is 0 Å². The molecular formula is C21H30ClN5O. The lowest BCUT2D eigenvalue weighted by Crippen LogP contribution is -2.46. The van der Waals surface area contributed by atoms with E-state index in [1.54, 1.807) is 0 Å². The zero-order chi connectivity index (χ0) is 19.3. The number of rotatable bonds is 7. The van der Waals surface area contributed by atoms with Crippen molar-refractivity contribution in [3.63, 3.8) is 0 Å². The highest BCUT2D eigenvalue weighted by Crippen LogP contribution is 2.25. The van der Waals surface area contributed by atoms with Gasteiger partial charge in [0.25, 0.3) is 0 Å². The third kappa shape index (κ3) is 4.92. The molecule has 0 bridgehead atoms. The Balaban J connectivity index is 1.49. The quantitative estimate of drug-likeness (QED) is 0.764. The number of ether oxygens (including phenoxy) is 1. The second-order valence-electron chi connectivity index (χ2n) is 7.78. The van der Waals surface area contributed by atoms with E-state index in [0.717, 1.165) is 81.3 Å². The summed E-state index contributed by atoms with van der Waals surface area (Å²) in [6.07, 6.45) is 3.74. The highest BCUT2D eigenvalue weighted by atomic mass is 35.5. The van der Waals surface area contributed by atoms with Crippen molar-refractivity contribution in [1.82, 2.24) is 19.8 Å². The smallest absolute Gasteiger partial charge is 0.145 e. The molecule has 1 atom stereocenters. The SMILES string of the molecule is CCCN1CCN(Cc2nc(NCC3CCCO3)c3ccc(Cl)cc3n2)CC1. The Kier molecular flexibility index (Phi) is 6.62. The monoisotopic (exact) mass is 403 g/mol. The maximum Gasteiger partial charge on any atom is 0.145 e. The average Bonchev–Trinajstić information content (AvgIpc) is 3.21. The van der Waals surface area contributed by atoms with Crippen LogP contribution in [-0.4, -0.2) is 71.7 Å². The van der Waals surface area contributed by atoms with E-state index in [1.165, 1.54) is 13.0 Å². The topological polar surface area (TPSA) is 53.5 Å². The van der Waals surface area contributed by atoms with E-state index in [-0.39, 0.29) is 6.10 Å². The minimum atomic E-state index is 0.271. The number of hydrogen-bond donors (Lipinski definition) is 1. The van der Waals surface area contributed by atoms with Gasteiger partial charge in [-0.3, -0.25) is 4.90 Å². The van der Waals surface area contributed by atoms with Crippen molar-refractivity contribution in [2.45, 2.75) is 38.8 Å². The number of aromatic nitrogens is 2. The summed E-state index contributed by atoms with van der Waals surface area (Å²) >= 11 is 6.22. The first-order valence-corrected chi connectivity index (χ1v) is 10.9. The van der Waals surface area contributed by atoms with Crippen LogP contribution in [0.25, 0.3) is 10.9 Å². The van der Waals surface area contributed by atoms with Gasteiger partial charge in [0.2, 0.25) is 0 Å². The zero-order valence-electron chi connectivity index (χ0n) is 16.7. The molecule has 2 aliphatic heterocycles. The first kappa shape index (κ1) is 19.8. The average molecular weight is 404 g/mol. The molecule has 28 heavy (non-hydrogen) atoms. The number of fused-ring (bicyclic) bond motifs is 1. The molecule has 7 heteroatoms. The molecule has 1 aromatic carbocycles. The first-order chi connectivity index (χ1) is 13.7. The molecule has 1 unspecified atom stereocenters. The van der Waals surface area contributed by atoms with Gasteiger partial charge >= 0.3 is 0 Å². The van der Waals surface area contributed by atoms with Gasteiger partial charge in [-0.2, -0.15) is 0 Å². The van der Waals surface area contributed by atoms with Gasteiger partial charge in [0, 0.05) is 49.7 Å². The van der Waals surface area contributed by atoms with Gasteiger partial charge in [0.05, 0.1) is 18.2 Å². The van der Waals surface area contributed by atoms with Crippen LogP contribution in [0.2, 0.25) is 5.02 Å². The molecule has 0 radical (unpaired) electrons. The lowest BCUT2D eigenvalue weighted by molar-refractivity contribution is 0.120. The molecule has 3 heterocycles. The minimum absolute atomic E-state index is 0.271. The molecular weight excluding hydrogens is 374 g/mol. The van der Waals surface area contributed by atoms with Crippen molar-refractivity contribution in [1.29, 1.82) is 0 Å². The summed E-state index contributed by atoms with van der Waals surface area (Å²) in [5.74, 6) is 1.74. The largest absolute Gasteiger partial charge is 0.376 e. The molecule has 0 saturated carbocycles. The number of nitrogens with one attached hydrogen (secondary N) is 1. The highest BCUT2D eigenvalue weighted by Gasteiger charge is 2.19. The summed E-state index contributed by atoms with van der Waals surface area (Å²) < 4.78 is 5.75. The molecule has 2 fully saturated rings. The molecule has 0 amide bonds. The zero-order valence-corrected chi connectivity index (χ0v) is 17.4. The number of halogens is 1. The van der Waals surface area contributed by atoms with E-state index in [4.69, 9.17) is 26.3 Å². The standard InChI is InChI=1S/C21H30ClN5O/c1-2-7-26-8-10-27(11-9-26)15-20-24-19-13-16(22)5-6-18(19)21(25-20)23-14-17-4-3-12-28-17/h5-6,13,17H,2-4,7-12,14-15H2,1H3,(H,23,24,25). The van der Waals surface area contributed by atoms with E-state index in [1.807, 2.05) is 18.2 Å². The summed E-state index contributed by atoms with van der Waals surface area (Å²) in [7, 11) is 0. The fourth-order valence-corrected chi connectivity index (χ4v) is 4.23. The molecule has 2 saturated heterocycles. The van der Waals surface area contributed by atoms with Crippen LogP contribution in [0.1, 0.15) is 32.0 Å². The van der Waals surface area contributed by atoms with Gasteiger partial charge in [0.1, 0.15) is 11.6 Å². The lowest BCUT2D eigenvalue weighted by atomic mass is 10.2. The van der Waals surface area contributed by atoms with Crippen molar-refractivity contribution in [2.75, 3.05) is 51.2 Å². The normalized spacial score (nSPS) is 21.4. The fourth-order valence-electron chi connectivity index (χ4n) is 4.06. The van der Waals surface area contributed by atoms with Crippen LogP contribution in [0.4, 0.5) is 5.82 Å². The van der Waals surface area contributed by atoms with Gasteiger partial charge in [0.15, 0.2) is 0 Å². The minimum Gasteiger partial charge on any atom is -0.376 e. The van der Waals surface area contributed by atoms with Gasteiger partial charge in [-0.05, 0) is 44.0 Å². The Morgan fingerprint density at radius 1 is 1.18 bits per heavy atom. The predicted octanol–water partition coefficient (Wildman–Crippen LogP) is 3.40. The third-order valence-electron chi connectivity index (χ3n) is 5.60. The molecule has 152 valence electrons. The highest BCUT2D eigenvalue weighted by molar-refractivity contribution is 6.31. The summed E-state index contributed by atoms with van der Waals surface area (Å²) in [6, 6.07) is 5.83. The van der Waals surface area contributed by atoms with E-state index in [9.17, 15) is 0 Å². The number of benzene rings is 1. The molecule has 1 aromatic heterocycles. The lowest BCUT2D eigenvalue weighted by Gasteiger charge is -2.34. The van der Waals surface area contributed by atoms with Crippen LogP contribution in [0.15, 0.2) is 18.2 Å². The van der Waals surface area contributed by atoms with Gasteiger partial charge in [-0.1, -0.05) is 18.5 Å². The van der Waals surface area contributed by atoms with Crippen molar-refractivity contribution in [3.8, 4) is 0 Å². The Bertz CT molecular complexity index is 788. The van der Waals surface area contributed by atoms with Crippen LogP contribution in [0.3, 0.4) is 0 Å². The van der Waals surface area contributed by atoms with E-state index in [0.29, 0.717) is 5.02 Å². The van der Waals surface area contributed by atoms with Crippen molar-refractivity contribution >= 4 is 28.3 Å².